The summed E-state index contributed by atoms with van der Waals surface area (Å²) in [5.74, 6) is -1.08. The number of rotatable bonds is 5. The summed E-state index contributed by atoms with van der Waals surface area (Å²) in [5, 5.41) is 2.71. The number of likely N-dealkylation sites (tertiary alicyclic amines) is 1. The average molecular weight is 300 g/mol. The van der Waals surface area contributed by atoms with E-state index in [2.05, 4.69) is 5.32 Å². The number of amides is 2. The van der Waals surface area contributed by atoms with Crippen LogP contribution in [0.4, 0.5) is 0 Å². The molecule has 1 aromatic carbocycles. The summed E-state index contributed by atoms with van der Waals surface area (Å²) in [6.45, 7) is 2.37. The summed E-state index contributed by atoms with van der Waals surface area (Å²) in [5.41, 5.74) is 2.09. The molecular formula is C17H20N2O3. The smallest absolute Gasteiger partial charge is 0.289 e. The van der Waals surface area contributed by atoms with Gasteiger partial charge in [0.25, 0.3) is 5.91 Å². The monoisotopic (exact) mass is 300 g/mol. The molecule has 0 aromatic heterocycles. The highest BCUT2D eigenvalue weighted by atomic mass is 16.2. The summed E-state index contributed by atoms with van der Waals surface area (Å²) in [6.07, 6.45) is 2.64. The van der Waals surface area contributed by atoms with Gasteiger partial charge < -0.3 is 10.2 Å². The third-order valence-corrected chi connectivity index (χ3v) is 4.37. The normalized spacial score (nSPS) is 21.0. The van der Waals surface area contributed by atoms with E-state index in [1.165, 1.54) is 0 Å². The number of nitrogens with zero attached hydrogens (tertiary/aromatic N) is 1. The average Bonchev–Trinajstić information content (AvgIpc) is 3.24. The van der Waals surface area contributed by atoms with Gasteiger partial charge in [-0.25, -0.2) is 0 Å². The standard InChI is InChI=1S/C17H20N2O3/c1-11-4-2-3-5-12(11)10-19-14(8-9-15(19)20)16(21)17(22)18-13-6-7-13/h2-5,13-14H,6-10H2,1H3,(H,18,22). The third-order valence-electron chi connectivity index (χ3n) is 4.37. The van der Waals surface area contributed by atoms with Crippen molar-refractivity contribution in [2.75, 3.05) is 0 Å². The van der Waals surface area contributed by atoms with Gasteiger partial charge >= 0.3 is 0 Å². The molecule has 1 N–H and O–H groups in total. The molecule has 116 valence electrons. The van der Waals surface area contributed by atoms with Crippen LogP contribution >= 0.6 is 0 Å². The van der Waals surface area contributed by atoms with Crippen LogP contribution in [-0.4, -0.2) is 34.6 Å². The predicted octanol–water partition coefficient (Wildman–Crippen LogP) is 1.33. The van der Waals surface area contributed by atoms with Crippen molar-refractivity contribution in [3.63, 3.8) is 0 Å². The molecule has 2 aliphatic rings. The first kappa shape index (κ1) is 14.8. The molecule has 0 bridgehead atoms. The van der Waals surface area contributed by atoms with E-state index in [1.54, 1.807) is 4.90 Å². The van der Waals surface area contributed by atoms with Gasteiger partial charge in [0.05, 0.1) is 0 Å². The molecule has 5 nitrogen and oxygen atoms in total. The highest BCUT2D eigenvalue weighted by Gasteiger charge is 2.40. The van der Waals surface area contributed by atoms with Gasteiger partial charge in [-0.05, 0) is 37.3 Å². The highest BCUT2D eigenvalue weighted by molar-refractivity contribution is 6.38. The molecule has 1 aliphatic carbocycles. The van der Waals surface area contributed by atoms with Gasteiger partial charge in [0.15, 0.2) is 0 Å². The Morgan fingerprint density at radius 1 is 1.23 bits per heavy atom. The van der Waals surface area contributed by atoms with Crippen molar-refractivity contribution in [3.8, 4) is 0 Å². The minimum absolute atomic E-state index is 0.0548. The molecule has 22 heavy (non-hydrogen) atoms. The Morgan fingerprint density at radius 2 is 1.95 bits per heavy atom. The molecule has 1 atom stereocenters. The zero-order chi connectivity index (χ0) is 15.7. The van der Waals surface area contributed by atoms with Crippen LogP contribution in [0.15, 0.2) is 24.3 Å². The molecule has 5 heteroatoms. The minimum atomic E-state index is -0.620. The number of nitrogens with one attached hydrogen (secondary N) is 1. The van der Waals surface area contributed by atoms with Crippen LogP contribution in [0, 0.1) is 6.92 Å². The molecular weight excluding hydrogens is 280 g/mol. The fourth-order valence-electron chi connectivity index (χ4n) is 2.81. The maximum absolute atomic E-state index is 12.3. The first-order valence-electron chi connectivity index (χ1n) is 7.75. The van der Waals surface area contributed by atoms with E-state index < -0.39 is 17.7 Å². The minimum Gasteiger partial charge on any atom is -0.347 e. The number of hydrogen-bond donors (Lipinski definition) is 1. The molecule has 1 aromatic rings. The molecule has 1 saturated carbocycles. The summed E-state index contributed by atoms with van der Waals surface area (Å²) < 4.78 is 0. The van der Waals surface area contributed by atoms with Crippen molar-refractivity contribution in [2.45, 2.75) is 51.2 Å². The number of carbonyl (C=O) groups is 3. The van der Waals surface area contributed by atoms with Gasteiger partial charge in [0.2, 0.25) is 11.7 Å². The van der Waals surface area contributed by atoms with Gasteiger partial charge in [0.1, 0.15) is 6.04 Å². The first-order chi connectivity index (χ1) is 10.6. The lowest BCUT2D eigenvalue weighted by molar-refractivity contribution is -0.143. The fraction of sp³-hybridized carbons (Fsp3) is 0.471. The lowest BCUT2D eigenvalue weighted by Crippen LogP contribution is -2.46. The quantitative estimate of drug-likeness (QED) is 0.834. The van der Waals surface area contributed by atoms with Crippen molar-refractivity contribution < 1.29 is 14.4 Å². The Labute approximate surface area is 129 Å². The molecule has 1 aliphatic heterocycles. The Kier molecular flexibility index (Phi) is 3.96. The predicted molar refractivity (Wildman–Crippen MR) is 80.9 cm³/mol. The molecule has 1 saturated heterocycles. The molecule has 2 fully saturated rings. The Bertz CT molecular complexity index is 622. The number of aryl methyl sites for hydroxylation is 1. The van der Waals surface area contributed by atoms with E-state index in [1.807, 2.05) is 31.2 Å². The summed E-state index contributed by atoms with van der Waals surface area (Å²) >= 11 is 0. The molecule has 3 rings (SSSR count). The van der Waals surface area contributed by atoms with Crippen molar-refractivity contribution in [1.82, 2.24) is 10.2 Å². The maximum Gasteiger partial charge on any atom is 0.289 e. The summed E-state index contributed by atoms with van der Waals surface area (Å²) in [7, 11) is 0. The van der Waals surface area contributed by atoms with E-state index in [0.29, 0.717) is 19.4 Å². The lowest BCUT2D eigenvalue weighted by atomic mass is 10.1. The Morgan fingerprint density at radius 3 is 2.64 bits per heavy atom. The van der Waals surface area contributed by atoms with E-state index in [9.17, 15) is 14.4 Å². The van der Waals surface area contributed by atoms with Crippen LogP contribution in [0.2, 0.25) is 0 Å². The van der Waals surface area contributed by atoms with Crippen molar-refractivity contribution in [2.24, 2.45) is 0 Å². The number of carbonyl (C=O) groups excluding carboxylic acids is 3. The topological polar surface area (TPSA) is 66.5 Å². The molecule has 1 unspecified atom stereocenters. The van der Waals surface area contributed by atoms with Crippen LogP contribution in [0.25, 0.3) is 0 Å². The van der Waals surface area contributed by atoms with Gasteiger partial charge in [0, 0.05) is 19.0 Å². The van der Waals surface area contributed by atoms with Gasteiger partial charge in [-0.3, -0.25) is 14.4 Å². The van der Waals surface area contributed by atoms with Crippen LogP contribution in [0.3, 0.4) is 0 Å². The van der Waals surface area contributed by atoms with Crippen molar-refractivity contribution >= 4 is 17.6 Å². The Balaban J connectivity index is 1.72. The molecule has 1 heterocycles. The van der Waals surface area contributed by atoms with Crippen molar-refractivity contribution in [3.05, 3.63) is 35.4 Å². The number of benzene rings is 1. The van der Waals surface area contributed by atoms with Gasteiger partial charge in [-0.2, -0.15) is 0 Å². The van der Waals surface area contributed by atoms with Crippen LogP contribution < -0.4 is 5.32 Å². The first-order valence-corrected chi connectivity index (χ1v) is 7.75. The van der Waals surface area contributed by atoms with Crippen LogP contribution in [0.5, 0.6) is 0 Å². The van der Waals surface area contributed by atoms with E-state index in [0.717, 1.165) is 24.0 Å². The second-order valence-electron chi connectivity index (χ2n) is 6.11. The maximum atomic E-state index is 12.3. The number of Topliss-reactive ketones (excluding diaryl/α,β-unsaturated/α-hetero) is 1. The van der Waals surface area contributed by atoms with Gasteiger partial charge in [-0.15, -0.1) is 0 Å². The second-order valence-corrected chi connectivity index (χ2v) is 6.11. The van der Waals surface area contributed by atoms with Crippen LogP contribution in [-0.2, 0) is 20.9 Å². The zero-order valence-electron chi connectivity index (χ0n) is 12.7. The second kappa shape index (κ2) is 5.91. The SMILES string of the molecule is Cc1ccccc1CN1C(=O)CCC1C(=O)C(=O)NC1CC1. The van der Waals surface area contributed by atoms with Crippen molar-refractivity contribution in [1.29, 1.82) is 0 Å². The van der Waals surface area contributed by atoms with Crippen LogP contribution in [0.1, 0.15) is 36.8 Å². The lowest BCUT2D eigenvalue weighted by Gasteiger charge is -2.24. The van der Waals surface area contributed by atoms with E-state index in [4.69, 9.17) is 0 Å². The summed E-state index contributed by atoms with van der Waals surface area (Å²) in [6, 6.07) is 7.32. The molecule has 0 radical (unpaired) electrons. The number of ketones is 1. The largest absolute Gasteiger partial charge is 0.347 e. The third kappa shape index (κ3) is 3.03. The Hall–Kier alpha value is -2.17. The fourth-order valence-corrected chi connectivity index (χ4v) is 2.81. The number of hydrogen-bond acceptors (Lipinski definition) is 3. The molecule has 2 amide bonds. The van der Waals surface area contributed by atoms with E-state index in [-0.39, 0.29) is 11.9 Å². The highest BCUT2D eigenvalue weighted by Crippen LogP contribution is 2.24. The van der Waals surface area contributed by atoms with E-state index >= 15 is 0 Å². The van der Waals surface area contributed by atoms with Gasteiger partial charge in [-0.1, -0.05) is 24.3 Å². The summed E-state index contributed by atoms with van der Waals surface area (Å²) in [4.78, 5) is 37.9. The zero-order valence-corrected chi connectivity index (χ0v) is 12.7. The molecule has 0 spiro atoms.